The van der Waals surface area contributed by atoms with E-state index in [9.17, 15) is 0 Å². The number of hydrogen-bond acceptors (Lipinski definition) is 2. The van der Waals surface area contributed by atoms with Gasteiger partial charge >= 0.3 is 0 Å². The smallest absolute Gasteiger partial charge is 0.157 e. The van der Waals surface area contributed by atoms with E-state index < -0.39 is 0 Å². The van der Waals surface area contributed by atoms with Crippen LogP contribution in [-0.2, 0) is 9.47 Å². The molecule has 0 N–H and O–H groups in total. The van der Waals surface area contributed by atoms with Crippen molar-refractivity contribution in [3.05, 3.63) is 12.2 Å². The first-order valence-electron chi connectivity index (χ1n) is 5.85. The van der Waals surface area contributed by atoms with Crippen LogP contribution in [0.5, 0.6) is 0 Å². The fourth-order valence-electron chi connectivity index (χ4n) is 2.10. The summed E-state index contributed by atoms with van der Waals surface area (Å²) >= 11 is 0. The third-order valence-corrected chi connectivity index (χ3v) is 2.99. The Balaban J connectivity index is 1.65. The summed E-state index contributed by atoms with van der Waals surface area (Å²) in [5.74, 6) is 0.634. The van der Waals surface area contributed by atoms with Crippen molar-refractivity contribution in [2.45, 2.75) is 44.8 Å². The Morgan fingerprint density at radius 1 is 1.21 bits per heavy atom. The highest BCUT2D eigenvalue weighted by molar-refractivity contribution is 4.92. The van der Waals surface area contributed by atoms with Crippen LogP contribution in [0.4, 0.5) is 0 Å². The molecule has 0 aromatic rings. The Morgan fingerprint density at radius 3 is 2.93 bits per heavy atom. The summed E-state index contributed by atoms with van der Waals surface area (Å²) in [5, 5.41) is 0. The average molecular weight is 196 g/mol. The van der Waals surface area contributed by atoms with Gasteiger partial charge in [0.2, 0.25) is 0 Å². The van der Waals surface area contributed by atoms with Gasteiger partial charge in [-0.2, -0.15) is 0 Å². The minimum atomic E-state index is 0.0825. The summed E-state index contributed by atoms with van der Waals surface area (Å²) in [6, 6.07) is 0. The zero-order chi connectivity index (χ0) is 9.64. The van der Waals surface area contributed by atoms with Crippen molar-refractivity contribution in [3.8, 4) is 0 Å². The zero-order valence-electron chi connectivity index (χ0n) is 8.78. The van der Waals surface area contributed by atoms with E-state index in [-0.39, 0.29) is 6.29 Å². The summed E-state index contributed by atoms with van der Waals surface area (Å²) in [4.78, 5) is 0. The summed E-state index contributed by atoms with van der Waals surface area (Å²) in [6.07, 6.45) is 12.0. The van der Waals surface area contributed by atoms with Gasteiger partial charge in [0.15, 0.2) is 6.29 Å². The van der Waals surface area contributed by atoms with Crippen LogP contribution < -0.4 is 0 Å². The average Bonchev–Trinajstić information content (AvgIpc) is 2.29. The summed E-state index contributed by atoms with van der Waals surface area (Å²) in [5.41, 5.74) is 0. The second-order valence-corrected chi connectivity index (χ2v) is 4.25. The highest BCUT2D eigenvalue weighted by Crippen LogP contribution is 2.20. The first-order valence-corrected chi connectivity index (χ1v) is 5.85. The normalized spacial score (nSPS) is 33.1. The molecule has 14 heavy (non-hydrogen) atoms. The van der Waals surface area contributed by atoms with Crippen LogP contribution in [0.2, 0.25) is 0 Å². The Hall–Kier alpha value is -0.340. The number of ether oxygens (including phenoxy) is 2. The van der Waals surface area contributed by atoms with Crippen molar-refractivity contribution in [1.29, 1.82) is 0 Å². The van der Waals surface area contributed by atoms with Crippen molar-refractivity contribution in [3.63, 3.8) is 0 Å². The molecule has 2 unspecified atom stereocenters. The monoisotopic (exact) mass is 196 g/mol. The first kappa shape index (κ1) is 10.2. The van der Waals surface area contributed by atoms with Crippen LogP contribution in [0, 0.1) is 5.92 Å². The van der Waals surface area contributed by atoms with Gasteiger partial charge in [-0.25, -0.2) is 0 Å². The van der Waals surface area contributed by atoms with Gasteiger partial charge in [0.05, 0.1) is 6.61 Å². The lowest BCUT2D eigenvalue weighted by molar-refractivity contribution is -0.167. The number of hydrogen-bond donors (Lipinski definition) is 0. The lowest BCUT2D eigenvalue weighted by Gasteiger charge is -2.25. The molecule has 0 aromatic carbocycles. The molecule has 0 saturated carbocycles. The van der Waals surface area contributed by atoms with Crippen molar-refractivity contribution in [2.24, 2.45) is 5.92 Å². The second kappa shape index (κ2) is 5.52. The number of allylic oxidation sites excluding steroid dienone is 1. The quantitative estimate of drug-likeness (QED) is 0.646. The molecule has 0 bridgehead atoms. The van der Waals surface area contributed by atoms with E-state index >= 15 is 0 Å². The Bertz CT molecular complexity index is 183. The zero-order valence-corrected chi connectivity index (χ0v) is 8.78. The summed E-state index contributed by atoms with van der Waals surface area (Å²) in [6.45, 7) is 1.73. The lowest BCUT2D eigenvalue weighted by atomic mass is 9.97. The first-order chi connectivity index (χ1) is 6.95. The van der Waals surface area contributed by atoms with Gasteiger partial charge < -0.3 is 9.47 Å². The molecule has 0 spiro atoms. The van der Waals surface area contributed by atoms with E-state index in [1.165, 1.54) is 32.1 Å². The standard InChI is InChI=1S/C12H20O2/c1-2-6-11(7-3-1)10-14-12-8-4-5-9-13-12/h2,6,11-12H,1,3-5,7-10H2. The molecule has 1 aliphatic heterocycles. The fraction of sp³-hybridized carbons (Fsp3) is 0.833. The maximum atomic E-state index is 5.75. The minimum Gasteiger partial charge on any atom is -0.353 e. The maximum Gasteiger partial charge on any atom is 0.157 e. The molecule has 1 aliphatic carbocycles. The highest BCUT2D eigenvalue weighted by Gasteiger charge is 2.16. The predicted octanol–water partition coefficient (Wildman–Crippen LogP) is 2.89. The Morgan fingerprint density at radius 2 is 2.21 bits per heavy atom. The largest absolute Gasteiger partial charge is 0.353 e. The van der Waals surface area contributed by atoms with Gasteiger partial charge in [-0.3, -0.25) is 0 Å². The fourth-order valence-corrected chi connectivity index (χ4v) is 2.10. The van der Waals surface area contributed by atoms with E-state index in [1.54, 1.807) is 0 Å². The van der Waals surface area contributed by atoms with Crippen molar-refractivity contribution < 1.29 is 9.47 Å². The van der Waals surface area contributed by atoms with Crippen LogP contribution in [0.1, 0.15) is 38.5 Å². The molecular formula is C12H20O2. The van der Waals surface area contributed by atoms with Crippen molar-refractivity contribution in [2.75, 3.05) is 13.2 Å². The van der Waals surface area contributed by atoms with Crippen molar-refractivity contribution >= 4 is 0 Å². The van der Waals surface area contributed by atoms with Crippen molar-refractivity contribution in [1.82, 2.24) is 0 Å². The van der Waals surface area contributed by atoms with Gasteiger partial charge in [-0.15, -0.1) is 0 Å². The van der Waals surface area contributed by atoms with Gasteiger partial charge in [0, 0.05) is 12.5 Å². The summed E-state index contributed by atoms with van der Waals surface area (Å²) < 4.78 is 11.3. The molecule has 1 heterocycles. The van der Waals surface area contributed by atoms with Gasteiger partial charge in [0.25, 0.3) is 0 Å². The minimum absolute atomic E-state index is 0.0825. The predicted molar refractivity (Wildman–Crippen MR) is 56.0 cm³/mol. The highest BCUT2D eigenvalue weighted by atomic mass is 16.7. The number of rotatable bonds is 3. The molecule has 2 rings (SSSR count). The second-order valence-electron chi connectivity index (χ2n) is 4.25. The SMILES string of the molecule is C1=CC(COC2CCCCO2)CCC1. The molecule has 0 amide bonds. The van der Waals surface area contributed by atoms with Crippen LogP contribution in [0.15, 0.2) is 12.2 Å². The van der Waals surface area contributed by atoms with Crippen LogP contribution in [-0.4, -0.2) is 19.5 Å². The maximum absolute atomic E-state index is 5.75. The van der Waals surface area contributed by atoms with E-state index in [0.717, 1.165) is 19.6 Å². The van der Waals surface area contributed by atoms with E-state index in [1.807, 2.05) is 0 Å². The van der Waals surface area contributed by atoms with Gasteiger partial charge in [-0.1, -0.05) is 12.2 Å². The lowest BCUT2D eigenvalue weighted by Crippen LogP contribution is -2.25. The molecule has 2 heteroatoms. The molecule has 0 radical (unpaired) electrons. The molecule has 2 atom stereocenters. The molecule has 2 aliphatic rings. The molecule has 2 nitrogen and oxygen atoms in total. The van der Waals surface area contributed by atoms with Crippen LogP contribution in [0.3, 0.4) is 0 Å². The molecular weight excluding hydrogens is 176 g/mol. The van der Waals surface area contributed by atoms with Gasteiger partial charge in [0.1, 0.15) is 0 Å². The van der Waals surface area contributed by atoms with E-state index in [4.69, 9.17) is 9.47 Å². The molecule has 1 fully saturated rings. The molecule has 1 saturated heterocycles. The topological polar surface area (TPSA) is 18.5 Å². The Labute approximate surface area is 86.3 Å². The third-order valence-electron chi connectivity index (χ3n) is 2.99. The Kier molecular flexibility index (Phi) is 4.02. The molecule has 80 valence electrons. The molecule has 0 aromatic heterocycles. The van der Waals surface area contributed by atoms with E-state index in [0.29, 0.717) is 5.92 Å². The van der Waals surface area contributed by atoms with Crippen LogP contribution in [0.25, 0.3) is 0 Å². The third kappa shape index (κ3) is 3.10. The van der Waals surface area contributed by atoms with Crippen LogP contribution >= 0.6 is 0 Å². The summed E-state index contributed by atoms with van der Waals surface area (Å²) in [7, 11) is 0. The van der Waals surface area contributed by atoms with E-state index in [2.05, 4.69) is 12.2 Å². The van der Waals surface area contributed by atoms with Gasteiger partial charge in [-0.05, 0) is 38.5 Å².